The molecule has 3 aliphatic rings. The number of rotatable bonds is 5. The lowest BCUT2D eigenvalue weighted by atomic mass is 9.73. The molecule has 0 radical (unpaired) electrons. The van der Waals surface area contributed by atoms with Crippen LogP contribution < -0.4 is 15.8 Å². The third-order valence-electron chi connectivity index (χ3n) is 10.5. The lowest BCUT2D eigenvalue weighted by molar-refractivity contribution is -0.137. The number of alkyl halides is 3. The Labute approximate surface area is 294 Å². The number of carbonyl (C=O) groups excluding carboxylic acids is 2. The Balaban J connectivity index is 1.26. The van der Waals surface area contributed by atoms with E-state index in [9.17, 15) is 37.8 Å². The molecule has 17 heteroatoms. The number of aromatic hydroxyl groups is 1. The second kappa shape index (κ2) is 12.5. The van der Waals surface area contributed by atoms with Gasteiger partial charge in [-0.05, 0) is 75.3 Å². The number of halogens is 4. The van der Waals surface area contributed by atoms with Crippen LogP contribution in [0.4, 0.5) is 24.8 Å². The fourth-order valence-electron chi connectivity index (χ4n) is 7.77. The average Bonchev–Trinajstić information content (AvgIpc) is 3.64. The van der Waals surface area contributed by atoms with E-state index in [0.717, 1.165) is 18.2 Å². The van der Waals surface area contributed by atoms with E-state index in [1.165, 1.54) is 22.8 Å². The molecule has 7 rings (SSSR count). The first kappa shape index (κ1) is 34.7. The second-order valence-corrected chi connectivity index (χ2v) is 14.5. The van der Waals surface area contributed by atoms with Crippen LogP contribution in [0.2, 0.25) is 5.02 Å². The molecule has 2 amide bonds. The lowest BCUT2D eigenvalue weighted by Crippen LogP contribution is -2.46. The fraction of sp³-hybridized carbons (Fsp3) is 0.471. The van der Waals surface area contributed by atoms with E-state index in [0.29, 0.717) is 69.5 Å². The Bertz CT molecular complexity index is 2100. The first-order valence-electron chi connectivity index (χ1n) is 16.7. The van der Waals surface area contributed by atoms with Gasteiger partial charge in [0, 0.05) is 49.0 Å². The number of likely N-dealkylation sites (tertiary alicyclic amines) is 1. The van der Waals surface area contributed by atoms with E-state index in [1.54, 1.807) is 16.4 Å². The van der Waals surface area contributed by atoms with E-state index in [2.05, 4.69) is 15.4 Å². The van der Waals surface area contributed by atoms with Gasteiger partial charge in [0.1, 0.15) is 12.3 Å². The molecule has 1 unspecified atom stereocenters. The highest BCUT2D eigenvalue weighted by molar-refractivity contribution is 6.33. The van der Waals surface area contributed by atoms with Crippen molar-refractivity contribution in [2.45, 2.75) is 75.6 Å². The van der Waals surface area contributed by atoms with E-state index in [-0.39, 0.29) is 51.9 Å². The van der Waals surface area contributed by atoms with Crippen molar-refractivity contribution in [1.82, 2.24) is 29.0 Å². The molecule has 0 bridgehead atoms. The van der Waals surface area contributed by atoms with Crippen molar-refractivity contribution in [2.24, 2.45) is 0 Å². The van der Waals surface area contributed by atoms with Crippen LogP contribution in [0.15, 0.2) is 41.3 Å². The number of pyridine rings is 1. The number of hydrogen-bond donors (Lipinski definition) is 3. The maximum absolute atomic E-state index is 14.5. The van der Waals surface area contributed by atoms with E-state index in [1.807, 2.05) is 11.8 Å². The Hall–Kier alpha value is -4.70. The van der Waals surface area contributed by atoms with Crippen LogP contribution in [0.1, 0.15) is 79.2 Å². The predicted octanol–water partition coefficient (Wildman–Crippen LogP) is 4.33. The zero-order chi connectivity index (χ0) is 36.5. The van der Waals surface area contributed by atoms with Crippen molar-refractivity contribution >= 4 is 40.8 Å². The van der Waals surface area contributed by atoms with E-state index < -0.39 is 34.6 Å². The van der Waals surface area contributed by atoms with Crippen molar-refractivity contribution in [3.8, 4) is 5.75 Å². The number of carbonyl (C=O) groups is 2. The number of piperidine rings is 2. The molecule has 5 heterocycles. The standard InChI is InChI=1S/C34H36ClF3N8O5/c1-19-17-33(9-14-43(15-10-33)29(50)26-23(47)4-3-11-39-26)25-27(19)45(18-24(48)40-22-6-5-20(16-21(22)35)34(36,37)38)31-41-30(42-46(31)28(25)49)44-12-7-32(2,51)8-13-44/h3-6,11,16,19,47,51H,7-10,12-15,17-18H2,1-2H3,(H,40,48). The smallest absolute Gasteiger partial charge is 0.416 e. The number of hydrogen-bond acceptors (Lipinski definition) is 9. The van der Waals surface area contributed by atoms with Gasteiger partial charge in [0.15, 0.2) is 5.69 Å². The van der Waals surface area contributed by atoms with Crippen molar-refractivity contribution in [1.29, 1.82) is 0 Å². The molecule has 3 N–H and O–H groups in total. The van der Waals surface area contributed by atoms with Gasteiger partial charge in [0.2, 0.25) is 17.6 Å². The minimum atomic E-state index is -4.61. The SMILES string of the molecule is CC1CC2(CCN(C(=O)c3ncccc3O)CC2)c2c1n(CC(=O)Nc1ccc(C(F)(F)F)cc1Cl)c1nc(N3CCC(C)(O)CC3)nn1c2=O. The monoisotopic (exact) mass is 728 g/mol. The maximum atomic E-state index is 14.5. The molecule has 1 aliphatic carbocycles. The lowest BCUT2D eigenvalue weighted by Gasteiger charge is -2.39. The molecular formula is C34H36ClF3N8O5. The number of aliphatic hydroxyl groups is 1. The Morgan fingerprint density at radius 2 is 1.80 bits per heavy atom. The Morgan fingerprint density at radius 3 is 2.45 bits per heavy atom. The number of nitrogens with one attached hydrogen (secondary N) is 1. The number of benzene rings is 1. The molecule has 0 saturated carbocycles. The van der Waals surface area contributed by atoms with Gasteiger partial charge in [-0.25, -0.2) is 4.98 Å². The summed E-state index contributed by atoms with van der Waals surface area (Å²) in [6.45, 7) is 4.85. The number of nitrogens with zero attached hydrogens (tertiary/aromatic N) is 7. The number of amides is 2. The highest BCUT2D eigenvalue weighted by Gasteiger charge is 2.49. The minimum Gasteiger partial charge on any atom is -0.505 e. The normalized spacial score (nSPS) is 19.8. The molecule has 270 valence electrons. The maximum Gasteiger partial charge on any atom is 0.416 e. The topological polar surface area (TPSA) is 158 Å². The first-order valence-corrected chi connectivity index (χ1v) is 17.1. The van der Waals surface area contributed by atoms with Crippen molar-refractivity contribution in [2.75, 3.05) is 36.4 Å². The molecule has 2 saturated heterocycles. The average molecular weight is 729 g/mol. The van der Waals surface area contributed by atoms with Gasteiger partial charge in [-0.15, -0.1) is 5.10 Å². The number of aromatic nitrogens is 5. The summed E-state index contributed by atoms with van der Waals surface area (Å²) in [6, 6.07) is 5.59. The number of anilines is 2. The van der Waals surface area contributed by atoms with Gasteiger partial charge in [-0.3, -0.25) is 14.4 Å². The minimum absolute atomic E-state index is 0.00796. The van der Waals surface area contributed by atoms with Crippen LogP contribution in [0.5, 0.6) is 5.75 Å². The zero-order valence-electron chi connectivity index (χ0n) is 27.9. The molecule has 1 aromatic carbocycles. The van der Waals surface area contributed by atoms with Gasteiger partial charge in [-0.1, -0.05) is 18.5 Å². The molecule has 1 spiro atoms. The fourth-order valence-corrected chi connectivity index (χ4v) is 7.99. The van der Waals surface area contributed by atoms with Crippen LogP contribution in [-0.4, -0.2) is 82.9 Å². The first-order chi connectivity index (χ1) is 24.1. The van der Waals surface area contributed by atoms with Crippen LogP contribution >= 0.6 is 11.6 Å². The third-order valence-corrected chi connectivity index (χ3v) is 10.8. The molecule has 4 aromatic rings. The summed E-state index contributed by atoms with van der Waals surface area (Å²) in [6.07, 6.45) is -0.833. The van der Waals surface area contributed by atoms with Crippen LogP contribution in [0, 0.1) is 0 Å². The highest BCUT2D eigenvalue weighted by atomic mass is 35.5. The summed E-state index contributed by atoms with van der Waals surface area (Å²) in [5.74, 6) is -1.06. The van der Waals surface area contributed by atoms with Crippen molar-refractivity contribution < 1.29 is 33.0 Å². The Morgan fingerprint density at radius 1 is 1.10 bits per heavy atom. The summed E-state index contributed by atoms with van der Waals surface area (Å²) < 4.78 is 42.5. The van der Waals surface area contributed by atoms with Gasteiger partial charge in [0.25, 0.3) is 11.5 Å². The molecule has 51 heavy (non-hydrogen) atoms. The van der Waals surface area contributed by atoms with E-state index >= 15 is 0 Å². The predicted molar refractivity (Wildman–Crippen MR) is 180 cm³/mol. The largest absolute Gasteiger partial charge is 0.505 e. The molecular weight excluding hydrogens is 693 g/mol. The summed E-state index contributed by atoms with van der Waals surface area (Å²) in [5.41, 5.74) is -1.81. The molecule has 2 fully saturated rings. The summed E-state index contributed by atoms with van der Waals surface area (Å²) in [7, 11) is 0. The van der Waals surface area contributed by atoms with Crippen LogP contribution in [0.3, 0.4) is 0 Å². The molecule has 3 aromatic heterocycles. The van der Waals surface area contributed by atoms with Crippen LogP contribution in [0.25, 0.3) is 5.78 Å². The van der Waals surface area contributed by atoms with Gasteiger partial charge >= 0.3 is 6.18 Å². The van der Waals surface area contributed by atoms with Gasteiger partial charge < -0.3 is 29.9 Å². The quantitative estimate of drug-likeness (QED) is 0.272. The number of fused-ring (bicyclic) bond motifs is 3. The third kappa shape index (κ3) is 6.28. The highest BCUT2D eigenvalue weighted by Crippen LogP contribution is 2.50. The molecule has 13 nitrogen and oxygen atoms in total. The summed E-state index contributed by atoms with van der Waals surface area (Å²) in [4.78, 5) is 53.6. The second-order valence-electron chi connectivity index (χ2n) is 14.0. The van der Waals surface area contributed by atoms with Crippen molar-refractivity contribution in [3.63, 3.8) is 0 Å². The van der Waals surface area contributed by atoms with E-state index in [4.69, 9.17) is 16.6 Å². The summed E-state index contributed by atoms with van der Waals surface area (Å²) >= 11 is 6.15. The van der Waals surface area contributed by atoms with Gasteiger partial charge in [0.05, 0.1) is 21.9 Å². The molecule has 1 atom stereocenters. The van der Waals surface area contributed by atoms with Crippen molar-refractivity contribution in [3.05, 3.63) is 74.4 Å². The zero-order valence-corrected chi connectivity index (χ0v) is 28.6. The molecule has 2 aliphatic heterocycles. The van der Waals surface area contributed by atoms with Crippen LogP contribution in [-0.2, 0) is 22.9 Å². The summed E-state index contributed by atoms with van der Waals surface area (Å²) in [5, 5.41) is 27.7. The Kier molecular flexibility index (Phi) is 8.52. The van der Waals surface area contributed by atoms with Gasteiger partial charge in [-0.2, -0.15) is 22.7 Å².